The summed E-state index contributed by atoms with van der Waals surface area (Å²) in [7, 11) is 0. The fraction of sp³-hybridized carbons (Fsp3) is 0.769. The lowest BCUT2D eigenvalue weighted by molar-refractivity contribution is 0.522. The lowest BCUT2D eigenvalue weighted by Gasteiger charge is -2.22. The molecule has 0 fully saturated rings. The Morgan fingerprint density at radius 3 is 1.09 bits per heavy atom. The molecule has 0 saturated heterocycles. The van der Waals surface area contributed by atoms with E-state index in [9.17, 15) is 0 Å². The van der Waals surface area contributed by atoms with E-state index in [-0.39, 0.29) is 6.04 Å². The average Bonchev–Trinajstić information content (AvgIpc) is 3.14. The minimum atomic E-state index is 0.276. The van der Waals surface area contributed by atoms with Crippen molar-refractivity contribution in [3.63, 3.8) is 0 Å². The zero-order chi connectivity index (χ0) is 40.8. The van der Waals surface area contributed by atoms with Gasteiger partial charge in [-0.25, -0.2) is 0 Å². The predicted molar refractivity (Wildman–Crippen MR) is 252 cm³/mol. The van der Waals surface area contributed by atoms with Crippen LogP contribution in [0.1, 0.15) is 233 Å². The van der Waals surface area contributed by atoms with Gasteiger partial charge in [-0.15, -0.1) is 6.58 Å². The van der Waals surface area contributed by atoms with Gasteiger partial charge in [0.05, 0.1) is 0 Å². The summed E-state index contributed by atoms with van der Waals surface area (Å²) in [5.41, 5.74) is 7.46. The van der Waals surface area contributed by atoms with Crippen molar-refractivity contribution in [3.8, 4) is 0 Å². The number of rotatable bonds is 44. The maximum Gasteiger partial charge on any atom is 0.0468 e. The summed E-state index contributed by atoms with van der Waals surface area (Å²) in [6.45, 7) is 36.3. The molecule has 0 saturated carbocycles. The van der Waals surface area contributed by atoms with E-state index in [4.69, 9.17) is 0 Å². The van der Waals surface area contributed by atoms with E-state index in [1.807, 2.05) is 0 Å². The summed E-state index contributed by atoms with van der Waals surface area (Å²) in [4.78, 5) is 0. The first-order valence-electron chi connectivity index (χ1n) is 23.8. The molecule has 0 bridgehead atoms. The van der Waals surface area contributed by atoms with Crippen molar-refractivity contribution in [1.82, 2.24) is 16.0 Å². The Labute approximate surface area is 346 Å². The predicted octanol–water partition coefficient (Wildman–Crippen LogP) is 16.5. The Kier molecular flexibility index (Phi) is 37.2. The van der Waals surface area contributed by atoms with Crippen molar-refractivity contribution >= 4 is 0 Å². The fourth-order valence-electron chi connectivity index (χ4n) is 7.32. The molecule has 0 aliphatic heterocycles. The van der Waals surface area contributed by atoms with E-state index in [2.05, 4.69) is 83.1 Å². The highest BCUT2D eigenvalue weighted by Crippen LogP contribution is 2.18. The SMILES string of the molecule is C=C(C)CCCCCCCCCCCCCCCCCCC(=C)NC(CCC(=C)NCCCCCCCC(=C)NCCCCCCCC(=C)C(C)C)C(=C)C. The third kappa shape index (κ3) is 38.5. The van der Waals surface area contributed by atoms with E-state index < -0.39 is 0 Å². The molecule has 0 spiro atoms. The van der Waals surface area contributed by atoms with E-state index in [0.29, 0.717) is 5.92 Å². The Bertz CT molecular complexity index is 987. The minimum absolute atomic E-state index is 0.276. The number of hydrogen-bond acceptors (Lipinski definition) is 3. The molecule has 0 rings (SSSR count). The third-order valence-electron chi connectivity index (χ3n) is 11.4. The first-order valence-corrected chi connectivity index (χ1v) is 23.8. The molecule has 0 aliphatic rings. The second kappa shape index (κ2) is 38.7. The monoisotopic (exact) mass is 764 g/mol. The lowest BCUT2D eigenvalue weighted by Crippen LogP contribution is -2.29. The van der Waals surface area contributed by atoms with Crippen molar-refractivity contribution in [3.05, 3.63) is 73.3 Å². The summed E-state index contributed by atoms with van der Waals surface area (Å²) in [5.74, 6) is 0.630. The van der Waals surface area contributed by atoms with Crippen LogP contribution in [0.15, 0.2) is 73.3 Å². The Balaban J connectivity index is 3.64. The van der Waals surface area contributed by atoms with Crippen LogP contribution in [0.5, 0.6) is 0 Å². The van der Waals surface area contributed by atoms with Gasteiger partial charge >= 0.3 is 0 Å². The molecular formula is C52H97N3. The Morgan fingerprint density at radius 1 is 0.382 bits per heavy atom. The van der Waals surface area contributed by atoms with E-state index in [1.165, 1.54) is 208 Å². The van der Waals surface area contributed by atoms with Crippen LogP contribution in [0, 0.1) is 5.92 Å². The van der Waals surface area contributed by atoms with Gasteiger partial charge in [-0.2, -0.15) is 0 Å². The number of unbranched alkanes of at least 4 members (excludes halogenated alkanes) is 23. The van der Waals surface area contributed by atoms with Gasteiger partial charge in [0.25, 0.3) is 0 Å². The van der Waals surface area contributed by atoms with Crippen LogP contribution in [-0.2, 0) is 0 Å². The molecule has 320 valence electrons. The topological polar surface area (TPSA) is 36.1 Å². The second-order valence-electron chi connectivity index (χ2n) is 17.7. The van der Waals surface area contributed by atoms with Crippen LogP contribution in [-0.4, -0.2) is 19.1 Å². The van der Waals surface area contributed by atoms with Crippen LogP contribution in [0.4, 0.5) is 0 Å². The van der Waals surface area contributed by atoms with Gasteiger partial charge in [-0.05, 0) is 96.8 Å². The maximum atomic E-state index is 4.35. The highest BCUT2D eigenvalue weighted by atomic mass is 14.9. The quantitative estimate of drug-likeness (QED) is 0.0427. The minimum Gasteiger partial charge on any atom is -0.389 e. The number of hydrogen-bond donors (Lipinski definition) is 3. The van der Waals surface area contributed by atoms with E-state index in [0.717, 1.165) is 44.5 Å². The largest absolute Gasteiger partial charge is 0.389 e. The molecule has 55 heavy (non-hydrogen) atoms. The van der Waals surface area contributed by atoms with Gasteiger partial charge in [0.1, 0.15) is 0 Å². The van der Waals surface area contributed by atoms with Gasteiger partial charge in [0.2, 0.25) is 0 Å². The van der Waals surface area contributed by atoms with Crippen molar-refractivity contribution in [1.29, 1.82) is 0 Å². The van der Waals surface area contributed by atoms with Crippen LogP contribution >= 0.6 is 0 Å². The zero-order valence-electron chi connectivity index (χ0n) is 37.9. The molecule has 0 heterocycles. The Hall–Kier alpha value is -2.16. The van der Waals surface area contributed by atoms with E-state index in [1.54, 1.807) is 0 Å². The van der Waals surface area contributed by atoms with Gasteiger partial charge in [0.15, 0.2) is 0 Å². The van der Waals surface area contributed by atoms with Gasteiger partial charge < -0.3 is 16.0 Å². The number of nitrogens with one attached hydrogen (secondary N) is 3. The van der Waals surface area contributed by atoms with Crippen molar-refractivity contribution in [2.24, 2.45) is 5.92 Å². The standard InChI is InChI=1S/C52H97N3/c1-45(2)37-31-25-21-19-17-15-13-11-12-14-16-18-20-22-27-34-40-51(10)55-52(47(5)6)42-41-50(9)54-44-36-30-24-28-33-39-49(8)53-43-35-29-23-26-32-38-48(7)46(3)4/h46,52-55H,1,5,7-44H2,2-4,6H3. The van der Waals surface area contributed by atoms with Crippen molar-refractivity contribution in [2.75, 3.05) is 13.1 Å². The summed E-state index contributed by atoms with van der Waals surface area (Å²) >= 11 is 0. The van der Waals surface area contributed by atoms with Crippen molar-refractivity contribution in [2.45, 2.75) is 239 Å². The van der Waals surface area contributed by atoms with Crippen LogP contribution in [0.25, 0.3) is 0 Å². The summed E-state index contributed by atoms with van der Waals surface area (Å²) in [6, 6.07) is 0.276. The molecule has 3 N–H and O–H groups in total. The highest BCUT2D eigenvalue weighted by molar-refractivity contribution is 5.09. The summed E-state index contributed by atoms with van der Waals surface area (Å²) in [5, 5.41) is 10.8. The molecular weight excluding hydrogens is 667 g/mol. The summed E-state index contributed by atoms with van der Waals surface area (Å²) < 4.78 is 0. The van der Waals surface area contributed by atoms with Gasteiger partial charge in [-0.3, -0.25) is 0 Å². The molecule has 1 unspecified atom stereocenters. The molecule has 0 aromatic carbocycles. The number of allylic oxidation sites excluding steroid dienone is 5. The highest BCUT2D eigenvalue weighted by Gasteiger charge is 2.11. The smallest absolute Gasteiger partial charge is 0.0468 e. The molecule has 3 heteroatoms. The first-order chi connectivity index (χ1) is 26.5. The van der Waals surface area contributed by atoms with Crippen LogP contribution in [0.3, 0.4) is 0 Å². The molecule has 3 nitrogen and oxygen atoms in total. The van der Waals surface area contributed by atoms with Crippen LogP contribution < -0.4 is 16.0 Å². The normalized spacial score (nSPS) is 11.7. The molecule has 0 radical (unpaired) electrons. The van der Waals surface area contributed by atoms with Gasteiger partial charge in [0, 0.05) is 36.2 Å². The van der Waals surface area contributed by atoms with Crippen molar-refractivity contribution < 1.29 is 0 Å². The molecule has 0 aromatic heterocycles. The second-order valence-corrected chi connectivity index (χ2v) is 17.7. The molecule has 1 atom stereocenters. The lowest BCUT2D eigenvalue weighted by atomic mass is 9.98. The molecule has 0 aromatic rings. The maximum absolute atomic E-state index is 4.35. The fourth-order valence-corrected chi connectivity index (χ4v) is 7.32. The van der Waals surface area contributed by atoms with E-state index >= 15 is 0 Å². The van der Waals surface area contributed by atoms with Crippen LogP contribution in [0.2, 0.25) is 0 Å². The van der Waals surface area contributed by atoms with Gasteiger partial charge in [-0.1, -0.05) is 192 Å². The molecule has 0 aliphatic carbocycles. The first kappa shape index (κ1) is 52.8. The average molecular weight is 764 g/mol. The molecule has 0 amide bonds. The Morgan fingerprint density at radius 2 is 0.709 bits per heavy atom. The third-order valence-corrected chi connectivity index (χ3v) is 11.4. The summed E-state index contributed by atoms with van der Waals surface area (Å²) in [6.07, 6.45) is 41.7. The zero-order valence-corrected chi connectivity index (χ0v) is 37.9.